The van der Waals surface area contributed by atoms with Crippen LogP contribution in [-0.4, -0.2) is 25.5 Å². The Labute approximate surface area is 136 Å². The van der Waals surface area contributed by atoms with E-state index in [-0.39, 0.29) is 12.5 Å². The minimum absolute atomic E-state index is 0.102. The number of carbonyl (C=O) groups excluding carboxylic acids is 2. The zero-order chi connectivity index (χ0) is 16.8. The van der Waals surface area contributed by atoms with E-state index >= 15 is 0 Å². The van der Waals surface area contributed by atoms with Crippen molar-refractivity contribution in [1.82, 2.24) is 5.32 Å². The first kappa shape index (κ1) is 16.5. The number of likely N-dealkylation sites (N-methyl/N-ethyl adjacent to an activating group) is 1. The summed E-state index contributed by atoms with van der Waals surface area (Å²) in [5, 5.41) is 5.03. The van der Waals surface area contributed by atoms with Crippen LogP contribution in [0.4, 0.5) is 16.2 Å². The molecule has 120 valence electrons. The molecule has 0 fully saturated rings. The molecular formula is C18H21N3O2. The van der Waals surface area contributed by atoms with E-state index in [4.69, 9.17) is 0 Å². The fourth-order valence-electron chi connectivity index (χ4n) is 2.26. The van der Waals surface area contributed by atoms with Gasteiger partial charge in [0, 0.05) is 18.4 Å². The van der Waals surface area contributed by atoms with Gasteiger partial charge in [-0.05, 0) is 37.6 Å². The van der Waals surface area contributed by atoms with Gasteiger partial charge in [0.25, 0.3) is 0 Å². The summed E-state index contributed by atoms with van der Waals surface area (Å²) in [5.41, 5.74) is 3.68. The van der Waals surface area contributed by atoms with Gasteiger partial charge in [-0.25, -0.2) is 4.79 Å². The normalized spacial score (nSPS) is 10.0. The first-order valence-electron chi connectivity index (χ1n) is 7.40. The molecule has 0 unspecified atom stereocenters. The van der Waals surface area contributed by atoms with Gasteiger partial charge in [0.2, 0.25) is 5.91 Å². The maximum Gasteiger partial charge on any atom is 0.325 e. The number of imide groups is 1. The number of hydrogen-bond donors (Lipinski definition) is 2. The molecule has 0 aliphatic heterocycles. The monoisotopic (exact) mass is 311 g/mol. The number of aryl methyl sites for hydroxylation is 2. The van der Waals surface area contributed by atoms with Crippen molar-refractivity contribution in [2.24, 2.45) is 0 Å². The van der Waals surface area contributed by atoms with Crippen LogP contribution in [0.2, 0.25) is 0 Å². The summed E-state index contributed by atoms with van der Waals surface area (Å²) in [5.74, 6) is -0.362. The Morgan fingerprint density at radius 2 is 1.74 bits per heavy atom. The molecule has 0 aliphatic carbocycles. The lowest BCUT2D eigenvalue weighted by atomic mass is 10.1. The summed E-state index contributed by atoms with van der Waals surface area (Å²) in [6, 6.07) is 14.7. The molecule has 0 radical (unpaired) electrons. The van der Waals surface area contributed by atoms with Crippen LogP contribution in [0.5, 0.6) is 0 Å². The van der Waals surface area contributed by atoms with Gasteiger partial charge in [0.15, 0.2) is 0 Å². The predicted octanol–water partition coefficient (Wildman–Crippen LogP) is 3.09. The number of nitrogens with one attached hydrogen (secondary N) is 2. The molecule has 3 amide bonds. The zero-order valence-electron chi connectivity index (χ0n) is 13.6. The molecular weight excluding hydrogens is 290 g/mol. The smallest absolute Gasteiger partial charge is 0.325 e. The van der Waals surface area contributed by atoms with Crippen LogP contribution in [0, 0.1) is 13.8 Å². The molecule has 23 heavy (non-hydrogen) atoms. The molecule has 0 aromatic heterocycles. The van der Waals surface area contributed by atoms with E-state index in [0.717, 1.165) is 16.8 Å². The van der Waals surface area contributed by atoms with Crippen LogP contribution >= 0.6 is 0 Å². The summed E-state index contributed by atoms with van der Waals surface area (Å²) in [6.07, 6.45) is 0. The van der Waals surface area contributed by atoms with Crippen molar-refractivity contribution < 1.29 is 9.59 Å². The van der Waals surface area contributed by atoms with Crippen molar-refractivity contribution in [1.29, 1.82) is 0 Å². The van der Waals surface area contributed by atoms with Crippen LogP contribution in [0.1, 0.15) is 11.1 Å². The van der Waals surface area contributed by atoms with Crippen LogP contribution in [-0.2, 0) is 4.79 Å². The van der Waals surface area contributed by atoms with Crippen LogP contribution < -0.4 is 15.5 Å². The molecule has 0 saturated heterocycles. The van der Waals surface area contributed by atoms with Crippen molar-refractivity contribution in [3.63, 3.8) is 0 Å². The number of amides is 3. The molecule has 0 spiro atoms. The lowest BCUT2D eigenvalue weighted by molar-refractivity contribution is -0.118. The van der Waals surface area contributed by atoms with Gasteiger partial charge in [0.05, 0.1) is 6.54 Å². The Morgan fingerprint density at radius 3 is 2.39 bits per heavy atom. The molecule has 5 nitrogen and oxygen atoms in total. The quantitative estimate of drug-likeness (QED) is 0.912. The van der Waals surface area contributed by atoms with E-state index in [2.05, 4.69) is 10.6 Å². The van der Waals surface area contributed by atoms with Crippen LogP contribution in [0.15, 0.2) is 48.5 Å². The Bertz CT molecular complexity index is 699. The number of hydrogen-bond acceptors (Lipinski definition) is 3. The number of para-hydroxylation sites is 1. The first-order valence-corrected chi connectivity index (χ1v) is 7.40. The van der Waals surface area contributed by atoms with Crippen LogP contribution in [0.3, 0.4) is 0 Å². The van der Waals surface area contributed by atoms with Gasteiger partial charge in [-0.15, -0.1) is 0 Å². The van der Waals surface area contributed by atoms with Crippen molar-refractivity contribution in [3.8, 4) is 0 Å². The second-order valence-electron chi connectivity index (χ2n) is 5.51. The number of urea groups is 1. The average molecular weight is 311 g/mol. The average Bonchev–Trinajstić information content (AvgIpc) is 2.50. The molecule has 0 bridgehead atoms. The largest absolute Gasteiger partial charge is 0.365 e. The zero-order valence-corrected chi connectivity index (χ0v) is 13.6. The molecule has 0 heterocycles. The summed E-state index contributed by atoms with van der Waals surface area (Å²) in [7, 11) is 1.80. The maximum absolute atomic E-state index is 12.0. The Morgan fingerprint density at radius 1 is 1.04 bits per heavy atom. The van der Waals surface area contributed by atoms with Crippen molar-refractivity contribution in [3.05, 3.63) is 59.7 Å². The third-order valence-corrected chi connectivity index (χ3v) is 3.46. The topological polar surface area (TPSA) is 61.4 Å². The minimum atomic E-state index is -0.525. The van der Waals surface area contributed by atoms with Crippen molar-refractivity contribution in [2.75, 3.05) is 23.8 Å². The number of rotatable bonds is 4. The lowest BCUT2D eigenvalue weighted by Gasteiger charge is -2.18. The van der Waals surface area contributed by atoms with E-state index < -0.39 is 6.03 Å². The standard InChI is InChI=1S/C18H21N3O2/c1-13-9-10-16(14(2)11-13)19-18(23)20-17(22)12-21(3)15-7-5-4-6-8-15/h4-11H,12H2,1-3H3,(H2,19,20,22,23). The van der Waals surface area contributed by atoms with E-state index in [1.165, 1.54) is 0 Å². The molecule has 2 aromatic carbocycles. The fraction of sp³-hybridized carbons (Fsp3) is 0.222. The van der Waals surface area contributed by atoms with Gasteiger partial charge in [-0.3, -0.25) is 10.1 Å². The Balaban J connectivity index is 1.88. The summed E-state index contributed by atoms with van der Waals surface area (Å²) in [4.78, 5) is 25.6. The SMILES string of the molecule is Cc1ccc(NC(=O)NC(=O)CN(C)c2ccccc2)c(C)c1. The van der Waals surface area contributed by atoms with E-state index in [0.29, 0.717) is 5.69 Å². The number of carbonyl (C=O) groups is 2. The molecule has 2 N–H and O–H groups in total. The van der Waals surface area contributed by atoms with Gasteiger partial charge < -0.3 is 10.2 Å². The number of benzene rings is 2. The third-order valence-electron chi connectivity index (χ3n) is 3.46. The Kier molecular flexibility index (Phi) is 5.36. The fourth-order valence-corrected chi connectivity index (χ4v) is 2.26. The highest BCUT2D eigenvalue weighted by Crippen LogP contribution is 2.15. The number of nitrogens with zero attached hydrogens (tertiary/aromatic N) is 1. The first-order chi connectivity index (χ1) is 11.0. The summed E-state index contributed by atoms with van der Waals surface area (Å²) >= 11 is 0. The van der Waals surface area contributed by atoms with E-state index in [9.17, 15) is 9.59 Å². The summed E-state index contributed by atoms with van der Waals surface area (Å²) in [6.45, 7) is 4.00. The molecule has 2 aromatic rings. The highest BCUT2D eigenvalue weighted by molar-refractivity contribution is 6.02. The third kappa shape index (κ3) is 4.85. The van der Waals surface area contributed by atoms with Gasteiger partial charge in [0.1, 0.15) is 0 Å². The molecule has 0 saturated carbocycles. The molecule has 0 atom stereocenters. The Hall–Kier alpha value is -2.82. The second kappa shape index (κ2) is 7.45. The molecule has 5 heteroatoms. The van der Waals surface area contributed by atoms with Crippen LogP contribution in [0.25, 0.3) is 0 Å². The van der Waals surface area contributed by atoms with E-state index in [1.54, 1.807) is 11.9 Å². The highest BCUT2D eigenvalue weighted by Gasteiger charge is 2.11. The van der Waals surface area contributed by atoms with E-state index in [1.807, 2.05) is 62.4 Å². The maximum atomic E-state index is 12.0. The van der Waals surface area contributed by atoms with Gasteiger partial charge in [-0.2, -0.15) is 0 Å². The lowest BCUT2D eigenvalue weighted by Crippen LogP contribution is -2.40. The van der Waals surface area contributed by atoms with Gasteiger partial charge >= 0.3 is 6.03 Å². The van der Waals surface area contributed by atoms with Crippen molar-refractivity contribution in [2.45, 2.75) is 13.8 Å². The van der Waals surface area contributed by atoms with Gasteiger partial charge in [-0.1, -0.05) is 35.9 Å². The highest BCUT2D eigenvalue weighted by atomic mass is 16.2. The van der Waals surface area contributed by atoms with Crippen molar-refractivity contribution >= 4 is 23.3 Å². The molecule has 0 aliphatic rings. The molecule has 2 rings (SSSR count). The number of anilines is 2. The minimum Gasteiger partial charge on any atom is -0.365 e. The second-order valence-corrected chi connectivity index (χ2v) is 5.51. The summed E-state index contributed by atoms with van der Waals surface area (Å²) < 4.78 is 0. The predicted molar refractivity (Wildman–Crippen MR) is 92.8 cm³/mol.